The largest absolute Gasteiger partial charge is 0.453 e. The molecule has 4 N–H and O–H groups in total. The second-order valence-electron chi connectivity index (χ2n) is 12.1. The Morgan fingerprint density at radius 1 is 0.750 bits per heavy atom. The van der Waals surface area contributed by atoms with E-state index in [0.717, 1.165) is 58.9 Å². The van der Waals surface area contributed by atoms with Gasteiger partial charge in [0.25, 0.3) is 0 Å². The fraction of sp³-hybridized carbons (Fsp3) is 0.412. The molecule has 1 unspecified atom stereocenters. The number of alkyl carbamates (subject to hydrolysis) is 2. The number of hydrogen-bond donors (Lipinski definition) is 4. The molecule has 2 aromatic heterocycles. The minimum absolute atomic E-state index is 0.187. The van der Waals surface area contributed by atoms with Gasteiger partial charge in [0.05, 0.1) is 48.4 Å². The van der Waals surface area contributed by atoms with Crippen molar-refractivity contribution in [3.8, 4) is 11.8 Å². The summed E-state index contributed by atoms with van der Waals surface area (Å²) < 4.78 is 9.27. The molecule has 48 heavy (non-hydrogen) atoms. The second-order valence-corrected chi connectivity index (χ2v) is 12.1. The highest BCUT2D eigenvalue weighted by Crippen LogP contribution is 2.33. The average Bonchev–Trinajstić information content (AvgIpc) is 3.91. The van der Waals surface area contributed by atoms with Crippen molar-refractivity contribution in [2.24, 2.45) is 0 Å². The van der Waals surface area contributed by atoms with Crippen LogP contribution in [0.15, 0.2) is 36.4 Å². The highest BCUT2D eigenvalue weighted by molar-refractivity contribution is 5.87. The average molecular weight is 655 g/mol. The topological polar surface area (TPSA) is 175 Å². The molecule has 2 saturated heterocycles. The zero-order chi connectivity index (χ0) is 33.9. The first kappa shape index (κ1) is 32.4. The maximum atomic E-state index is 13.1. The molecule has 4 amide bonds. The lowest BCUT2D eigenvalue weighted by molar-refractivity contribution is -0.134. The molecule has 0 spiro atoms. The molecule has 4 heterocycles. The molecular weight excluding hydrogens is 616 g/mol. The van der Waals surface area contributed by atoms with Gasteiger partial charge in [0.1, 0.15) is 23.7 Å². The van der Waals surface area contributed by atoms with Crippen LogP contribution in [0.1, 0.15) is 74.4 Å². The summed E-state index contributed by atoms with van der Waals surface area (Å²) in [4.78, 5) is 69.2. The third-order valence-corrected chi connectivity index (χ3v) is 8.83. The fourth-order valence-corrected chi connectivity index (χ4v) is 6.40. The lowest BCUT2D eigenvalue weighted by Gasteiger charge is -2.26. The molecular formula is C34H38N8O6. The number of nitrogens with zero attached hydrogens (tertiary/aromatic N) is 4. The smallest absolute Gasteiger partial charge is 0.407 e. The van der Waals surface area contributed by atoms with Crippen LogP contribution in [0.25, 0.3) is 22.1 Å². The number of likely N-dealkylation sites (tertiary alicyclic amines) is 2. The van der Waals surface area contributed by atoms with Gasteiger partial charge in [-0.05, 0) is 75.9 Å². The van der Waals surface area contributed by atoms with Gasteiger partial charge in [0.2, 0.25) is 11.8 Å². The predicted molar refractivity (Wildman–Crippen MR) is 176 cm³/mol. The van der Waals surface area contributed by atoms with Crippen molar-refractivity contribution in [1.29, 1.82) is 0 Å². The first-order valence-electron chi connectivity index (χ1n) is 16.0. The molecule has 4 aromatic rings. The van der Waals surface area contributed by atoms with Crippen LogP contribution in [-0.2, 0) is 19.1 Å². The fourth-order valence-electron chi connectivity index (χ4n) is 6.40. The molecule has 250 valence electrons. The number of amides is 4. The number of carbonyl (C=O) groups is 4. The van der Waals surface area contributed by atoms with Crippen molar-refractivity contribution in [2.75, 3.05) is 27.3 Å². The predicted octanol–water partition coefficient (Wildman–Crippen LogP) is 3.66. The number of nitrogens with one attached hydrogen (secondary N) is 4. The van der Waals surface area contributed by atoms with Crippen LogP contribution < -0.4 is 10.6 Å². The van der Waals surface area contributed by atoms with E-state index in [0.29, 0.717) is 24.7 Å². The molecule has 2 aliphatic rings. The molecule has 6 rings (SSSR count). The van der Waals surface area contributed by atoms with Gasteiger partial charge >= 0.3 is 12.2 Å². The van der Waals surface area contributed by atoms with Gasteiger partial charge in [-0.1, -0.05) is 11.8 Å². The summed E-state index contributed by atoms with van der Waals surface area (Å²) in [5.41, 5.74) is 4.78. The number of aromatic amines is 2. The maximum Gasteiger partial charge on any atom is 0.407 e. The van der Waals surface area contributed by atoms with Crippen molar-refractivity contribution >= 4 is 46.1 Å². The van der Waals surface area contributed by atoms with E-state index in [-0.39, 0.29) is 23.9 Å². The molecule has 0 saturated carbocycles. The Labute approximate surface area is 276 Å². The zero-order valence-electron chi connectivity index (χ0n) is 27.3. The van der Waals surface area contributed by atoms with Crippen LogP contribution in [0.2, 0.25) is 0 Å². The number of hydrogen-bond acceptors (Lipinski definition) is 8. The van der Waals surface area contributed by atoms with Crippen LogP contribution >= 0.6 is 0 Å². The summed E-state index contributed by atoms with van der Waals surface area (Å²) in [5, 5.41) is 5.09. The van der Waals surface area contributed by atoms with Gasteiger partial charge in [-0.25, -0.2) is 19.6 Å². The van der Waals surface area contributed by atoms with Gasteiger partial charge in [0.15, 0.2) is 0 Å². The van der Waals surface area contributed by atoms with Crippen molar-refractivity contribution < 1.29 is 28.7 Å². The first-order valence-corrected chi connectivity index (χ1v) is 16.0. The highest BCUT2D eigenvalue weighted by atomic mass is 16.5. The van der Waals surface area contributed by atoms with Crippen LogP contribution in [0.3, 0.4) is 0 Å². The first-order chi connectivity index (χ1) is 23.1. The number of rotatable bonds is 6. The molecule has 2 aromatic carbocycles. The van der Waals surface area contributed by atoms with Crippen LogP contribution in [0.5, 0.6) is 0 Å². The molecule has 0 bridgehead atoms. The third kappa shape index (κ3) is 6.62. The van der Waals surface area contributed by atoms with E-state index in [1.54, 1.807) is 23.6 Å². The van der Waals surface area contributed by atoms with Gasteiger partial charge in [-0.15, -0.1) is 0 Å². The summed E-state index contributed by atoms with van der Waals surface area (Å²) in [6, 6.07) is 9.64. The van der Waals surface area contributed by atoms with Crippen LogP contribution in [0, 0.1) is 11.8 Å². The summed E-state index contributed by atoms with van der Waals surface area (Å²) in [5.74, 6) is 7.49. The maximum absolute atomic E-state index is 13.1. The summed E-state index contributed by atoms with van der Waals surface area (Å²) in [6.07, 6.45) is 1.90. The number of ether oxygens (including phenoxy) is 2. The van der Waals surface area contributed by atoms with E-state index < -0.39 is 24.3 Å². The van der Waals surface area contributed by atoms with Crippen molar-refractivity contribution in [3.05, 3.63) is 59.2 Å². The Morgan fingerprint density at radius 2 is 1.17 bits per heavy atom. The third-order valence-electron chi connectivity index (χ3n) is 8.83. The normalized spacial score (nSPS) is 18.7. The van der Waals surface area contributed by atoms with Gasteiger partial charge < -0.3 is 39.9 Å². The number of fused-ring (bicyclic) bond motifs is 2. The van der Waals surface area contributed by atoms with Gasteiger partial charge in [0, 0.05) is 24.2 Å². The molecule has 4 atom stereocenters. The summed E-state index contributed by atoms with van der Waals surface area (Å²) in [7, 11) is 2.53. The Morgan fingerprint density at radius 3 is 1.56 bits per heavy atom. The molecule has 0 aliphatic carbocycles. The Hall–Kier alpha value is -5.58. The second kappa shape index (κ2) is 13.6. The highest BCUT2D eigenvalue weighted by Gasteiger charge is 2.36. The minimum Gasteiger partial charge on any atom is -0.453 e. The molecule has 2 aliphatic heterocycles. The number of carbonyl (C=O) groups excluding carboxylic acids is 4. The lowest BCUT2D eigenvalue weighted by atomic mass is 10.1. The summed E-state index contributed by atoms with van der Waals surface area (Å²) in [6.45, 7) is 4.44. The SMILES string of the molecule is COC(=O)N[C@@H](C)C(=O)N1CCCC1c1nc2ccc(C#Cc3ccc4nc([C@@H]5CCCN5C(=O)[C@@H](C)NC(=O)OC)[nH]c4c3)cc2[nH]1. The number of H-pyrrole nitrogens is 2. The van der Waals surface area contributed by atoms with Crippen LogP contribution in [-0.4, -0.2) is 93.1 Å². The van der Waals surface area contributed by atoms with Crippen LogP contribution in [0.4, 0.5) is 9.59 Å². The monoisotopic (exact) mass is 654 g/mol. The number of imidazole rings is 2. The lowest BCUT2D eigenvalue weighted by Crippen LogP contribution is -2.46. The Bertz CT molecular complexity index is 1800. The van der Waals surface area contributed by atoms with Crippen molar-refractivity contribution in [2.45, 2.75) is 63.7 Å². The Balaban J connectivity index is 1.16. The van der Waals surface area contributed by atoms with E-state index in [1.165, 1.54) is 14.2 Å². The van der Waals surface area contributed by atoms with E-state index in [9.17, 15) is 19.2 Å². The van der Waals surface area contributed by atoms with Gasteiger partial charge in [-0.3, -0.25) is 9.59 Å². The van der Waals surface area contributed by atoms with Crippen molar-refractivity contribution in [3.63, 3.8) is 0 Å². The molecule has 14 nitrogen and oxygen atoms in total. The molecule has 0 radical (unpaired) electrons. The standard InChI is InChI=1S/C34H38N8O6/c1-19(35-33(45)47-3)31(43)41-15-5-7-27(41)29-37-23-13-11-21(17-25(23)39-29)9-10-22-12-14-24-26(18-22)40-30(38-24)28-8-6-16-42(28)32(44)20(2)36-34(46)48-4/h11-14,17-20,27-28H,5-8,15-16H2,1-4H3,(H,35,45)(H,36,46)(H,37,39)(H,38,40)/t19-,20+,27+,28?/m1/s1. The van der Waals surface area contributed by atoms with Gasteiger partial charge in [-0.2, -0.15) is 0 Å². The zero-order valence-corrected chi connectivity index (χ0v) is 27.3. The van der Waals surface area contributed by atoms with E-state index >= 15 is 0 Å². The number of benzene rings is 2. The van der Waals surface area contributed by atoms with E-state index in [2.05, 4.69) is 41.9 Å². The Kier molecular flexibility index (Phi) is 9.20. The summed E-state index contributed by atoms with van der Waals surface area (Å²) >= 11 is 0. The number of methoxy groups -OCH3 is 2. The van der Waals surface area contributed by atoms with Crippen molar-refractivity contribution in [1.82, 2.24) is 40.4 Å². The quantitative estimate of drug-likeness (QED) is 0.228. The molecule has 14 heteroatoms. The van der Waals surface area contributed by atoms with E-state index in [4.69, 9.17) is 9.97 Å². The minimum atomic E-state index is -0.718. The molecule has 2 fully saturated rings. The number of aromatic nitrogens is 4. The van der Waals surface area contributed by atoms with E-state index in [1.807, 2.05) is 36.4 Å².